The molecule has 0 spiro atoms. The highest BCUT2D eigenvalue weighted by Gasteiger charge is 2.26. The summed E-state index contributed by atoms with van der Waals surface area (Å²) in [5.41, 5.74) is 5.73. The van der Waals surface area contributed by atoms with E-state index in [1.807, 2.05) is 62.4 Å². The van der Waals surface area contributed by atoms with Gasteiger partial charge in [-0.15, -0.1) is 0 Å². The van der Waals surface area contributed by atoms with Gasteiger partial charge in [0.25, 0.3) is 11.8 Å². The highest BCUT2D eigenvalue weighted by atomic mass is 32.2. The Balaban J connectivity index is 1.39. The largest absolute Gasteiger partial charge is 0.322 e. The van der Waals surface area contributed by atoms with E-state index in [1.165, 1.54) is 0 Å². The topological polar surface area (TPSA) is 62.3 Å². The van der Waals surface area contributed by atoms with Gasteiger partial charge in [0.1, 0.15) is 5.03 Å². The van der Waals surface area contributed by atoms with Crippen molar-refractivity contribution in [2.45, 2.75) is 30.3 Å². The van der Waals surface area contributed by atoms with Crippen molar-refractivity contribution >= 4 is 35.0 Å². The summed E-state index contributed by atoms with van der Waals surface area (Å²) in [5.74, 6) is -0.281. The number of amides is 2. The van der Waals surface area contributed by atoms with E-state index in [4.69, 9.17) is 0 Å². The molecule has 0 radical (unpaired) electrons. The van der Waals surface area contributed by atoms with Gasteiger partial charge in [0.15, 0.2) is 0 Å². The number of hydrogen-bond acceptors (Lipinski definition) is 4. The minimum Gasteiger partial charge on any atom is -0.322 e. The van der Waals surface area contributed by atoms with Gasteiger partial charge in [-0.3, -0.25) is 9.59 Å². The Morgan fingerprint density at radius 1 is 0.941 bits per heavy atom. The number of fused-ring (bicyclic) bond motifs is 2. The maximum Gasteiger partial charge on any atom is 0.258 e. The molecule has 0 unspecified atom stereocenters. The van der Waals surface area contributed by atoms with Gasteiger partial charge in [0.05, 0.1) is 12.2 Å². The second kappa shape index (κ2) is 9.15. The van der Waals surface area contributed by atoms with Crippen LogP contribution in [0, 0.1) is 13.8 Å². The first-order valence-electron chi connectivity index (χ1n) is 11.0. The normalized spacial score (nSPS) is 12.4. The number of pyridine rings is 1. The summed E-state index contributed by atoms with van der Waals surface area (Å²) in [6.07, 6.45) is 1.75. The summed E-state index contributed by atoms with van der Waals surface area (Å²) >= 11 is 1.58. The smallest absolute Gasteiger partial charge is 0.258 e. The van der Waals surface area contributed by atoms with E-state index in [2.05, 4.69) is 16.4 Å². The van der Waals surface area contributed by atoms with E-state index in [0.29, 0.717) is 23.4 Å². The van der Waals surface area contributed by atoms with Crippen LogP contribution < -0.4 is 10.2 Å². The molecule has 0 saturated carbocycles. The zero-order chi connectivity index (χ0) is 23.7. The molecule has 3 aromatic carbocycles. The summed E-state index contributed by atoms with van der Waals surface area (Å²) in [4.78, 5) is 33.6. The number of carbonyl (C=O) groups excluding carboxylic acids is 2. The standard InChI is InChI=1S/C28H23N3O2S/c1-18-9-14-23(19(2)16-18)26(32)30-22-12-10-20(11-13-22)28(33)31-17-21-6-3-4-8-25(21)34-27-24(31)7-5-15-29-27/h3-16H,17H2,1-2H3,(H,30,32). The molecule has 168 valence electrons. The SMILES string of the molecule is Cc1ccc(C(=O)Nc2ccc(C(=O)N3Cc4ccccc4Sc4ncccc43)cc2)c(C)c1. The molecule has 0 fully saturated rings. The van der Waals surface area contributed by atoms with E-state index >= 15 is 0 Å². The van der Waals surface area contributed by atoms with E-state index in [0.717, 1.165) is 32.3 Å². The number of nitrogens with one attached hydrogen (secondary N) is 1. The molecule has 1 N–H and O–H groups in total. The predicted molar refractivity (Wildman–Crippen MR) is 136 cm³/mol. The summed E-state index contributed by atoms with van der Waals surface area (Å²) in [5, 5.41) is 3.73. The highest BCUT2D eigenvalue weighted by Crippen LogP contribution is 2.40. The molecule has 1 aliphatic heterocycles. The third kappa shape index (κ3) is 4.32. The minimum absolute atomic E-state index is 0.112. The Bertz CT molecular complexity index is 1400. The van der Waals surface area contributed by atoms with Crippen molar-refractivity contribution in [1.29, 1.82) is 0 Å². The zero-order valence-electron chi connectivity index (χ0n) is 18.9. The average molecular weight is 466 g/mol. The zero-order valence-corrected chi connectivity index (χ0v) is 19.7. The van der Waals surface area contributed by atoms with Crippen LogP contribution in [0.25, 0.3) is 0 Å². The van der Waals surface area contributed by atoms with Gasteiger partial charge >= 0.3 is 0 Å². The average Bonchev–Trinajstić information content (AvgIpc) is 3.01. The van der Waals surface area contributed by atoms with Gasteiger partial charge in [-0.05, 0) is 73.5 Å². The lowest BCUT2D eigenvalue weighted by Crippen LogP contribution is -2.30. The third-order valence-electron chi connectivity index (χ3n) is 5.81. The Morgan fingerprint density at radius 3 is 2.53 bits per heavy atom. The maximum atomic E-state index is 13.6. The number of aromatic nitrogens is 1. The number of aryl methyl sites for hydroxylation is 2. The third-order valence-corrected chi connectivity index (χ3v) is 6.94. The maximum absolute atomic E-state index is 13.6. The van der Waals surface area contributed by atoms with E-state index in [-0.39, 0.29) is 11.8 Å². The van der Waals surface area contributed by atoms with Crippen molar-refractivity contribution in [3.8, 4) is 0 Å². The van der Waals surface area contributed by atoms with Crippen LogP contribution >= 0.6 is 11.8 Å². The van der Waals surface area contributed by atoms with Crippen LogP contribution in [0.3, 0.4) is 0 Å². The monoisotopic (exact) mass is 465 g/mol. The van der Waals surface area contributed by atoms with Crippen molar-refractivity contribution in [2.24, 2.45) is 0 Å². The molecule has 0 bridgehead atoms. The first-order chi connectivity index (χ1) is 16.5. The molecule has 34 heavy (non-hydrogen) atoms. The molecule has 4 aromatic rings. The van der Waals surface area contributed by atoms with Gasteiger partial charge < -0.3 is 10.2 Å². The highest BCUT2D eigenvalue weighted by molar-refractivity contribution is 7.99. The number of hydrogen-bond donors (Lipinski definition) is 1. The Hall–Kier alpha value is -3.90. The Kier molecular flexibility index (Phi) is 5.90. The lowest BCUT2D eigenvalue weighted by atomic mass is 10.1. The molecular formula is C28H23N3O2S. The number of benzene rings is 3. The van der Waals surface area contributed by atoms with Gasteiger partial charge in [-0.2, -0.15) is 0 Å². The molecule has 5 rings (SSSR count). The molecular weight excluding hydrogens is 442 g/mol. The minimum atomic E-state index is -0.169. The van der Waals surface area contributed by atoms with Gasteiger partial charge in [-0.25, -0.2) is 4.98 Å². The van der Waals surface area contributed by atoms with Gasteiger partial charge in [0, 0.05) is 27.9 Å². The summed E-state index contributed by atoms with van der Waals surface area (Å²) < 4.78 is 0. The van der Waals surface area contributed by atoms with E-state index in [1.54, 1.807) is 47.1 Å². The Morgan fingerprint density at radius 2 is 1.74 bits per heavy atom. The van der Waals surface area contributed by atoms with Crippen molar-refractivity contribution < 1.29 is 9.59 Å². The second-order valence-corrected chi connectivity index (χ2v) is 9.31. The molecule has 5 nitrogen and oxygen atoms in total. The number of anilines is 2. The van der Waals surface area contributed by atoms with Gasteiger partial charge in [0.2, 0.25) is 0 Å². The first kappa shape index (κ1) is 21.9. The summed E-state index contributed by atoms with van der Waals surface area (Å²) in [7, 11) is 0. The van der Waals surface area contributed by atoms with Gasteiger partial charge in [-0.1, -0.05) is 47.7 Å². The molecule has 6 heteroatoms. The van der Waals surface area contributed by atoms with E-state index in [9.17, 15) is 9.59 Å². The van der Waals surface area contributed by atoms with Crippen molar-refractivity contribution in [3.05, 3.63) is 113 Å². The van der Waals surface area contributed by atoms with Crippen LogP contribution in [-0.4, -0.2) is 16.8 Å². The van der Waals surface area contributed by atoms with Crippen LogP contribution in [0.5, 0.6) is 0 Å². The lowest BCUT2D eigenvalue weighted by molar-refractivity contribution is 0.0983. The summed E-state index contributed by atoms with van der Waals surface area (Å²) in [6.45, 7) is 4.39. The molecule has 0 atom stereocenters. The molecule has 2 amide bonds. The van der Waals surface area contributed by atoms with Crippen LogP contribution in [-0.2, 0) is 6.54 Å². The van der Waals surface area contributed by atoms with Crippen molar-refractivity contribution in [3.63, 3.8) is 0 Å². The predicted octanol–water partition coefficient (Wildman–Crippen LogP) is 6.26. The molecule has 2 heterocycles. The molecule has 0 saturated heterocycles. The van der Waals surface area contributed by atoms with Crippen molar-refractivity contribution in [2.75, 3.05) is 10.2 Å². The molecule has 1 aliphatic rings. The second-order valence-electron chi connectivity index (χ2n) is 8.28. The van der Waals surface area contributed by atoms with Crippen LogP contribution in [0.1, 0.15) is 37.4 Å². The van der Waals surface area contributed by atoms with Crippen molar-refractivity contribution in [1.82, 2.24) is 4.98 Å². The molecule has 1 aromatic heterocycles. The fourth-order valence-electron chi connectivity index (χ4n) is 4.06. The van der Waals surface area contributed by atoms with E-state index < -0.39 is 0 Å². The fourth-order valence-corrected chi connectivity index (χ4v) is 5.08. The number of carbonyl (C=O) groups is 2. The summed E-state index contributed by atoms with van der Waals surface area (Å²) in [6, 6.07) is 24.6. The fraction of sp³-hybridized carbons (Fsp3) is 0.107. The lowest BCUT2D eigenvalue weighted by Gasteiger charge is -2.22. The molecule has 0 aliphatic carbocycles. The quantitative estimate of drug-likeness (QED) is 0.388. The van der Waals surface area contributed by atoms with Crippen LogP contribution in [0.15, 0.2) is 95.0 Å². The first-order valence-corrected chi connectivity index (χ1v) is 11.8. The van der Waals surface area contributed by atoms with Crippen LogP contribution in [0.2, 0.25) is 0 Å². The number of rotatable bonds is 3. The number of nitrogens with zero attached hydrogens (tertiary/aromatic N) is 2. The van der Waals surface area contributed by atoms with Crippen LogP contribution in [0.4, 0.5) is 11.4 Å². The Labute approximate surface area is 202 Å².